The van der Waals surface area contributed by atoms with Gasteiger partial charge in [-0.1, -0.05) is 12.1 Å². The molecule has 12 heavy (non-hydrogen) atoms. The molecule has 0 bridgehead atoms. The average Bonchev–Trinajstić information content (AvgIpc) is 2.03. The van der Waals surface area contributed by atoms with Crippen molar-refractivity contribution in [2.45, 2.75) is 6.92 Å². The molecule has 0 spiro atoms. The number of para-hydroxylation sites is 1. The van der Waals surface area contributed by atoms with Crippen LogP contribution in [0.25, 0.3) is 0 Å². The van der Waals surface area contributed by atoms with Crippen LogP contribution in [-0.4, -0.2) is 12.8 Å². The summed E-state index contributed by atoms with van der Waals surface area (Å²) < 4.78 is 0. The molecule has 0 unspecified atom stereocenters. The first-order valence-corrected chi connectivity index (χ1v) is 3.80. The summed E-state index contributed by atoms with van der Waals surface area (Å²) in [6.45, 7) is 5.37. The van der Waals surface area contributed by atoms with Gasteiger partial charge < -0.3 is 5.32 Å². The highest BCUT2D eigenvalue weighted by atomic mass is 16.1. The molecule has 0 aromatic heterocycles. The van der Waals surface area contributed by atoms with Crippen LogP contribution < -0.4 is 5.32 Å². The molecule has 0 fully saturated rings. The molecular weight excluding hydrogens is 150 g/mol. The number of hydrogen-bond donors (Lipinski definition) is 1. The third kappa shape index (κ3) is 1.47. The van der Waals surface area contributed by atoms with Crippen LogP contribution in [0.2, 0.25) is 0 Å². The first-order valence-electron chi connectivity index (χ1n) is 3.80. The van der Waals surface area contributed by atoms with Crippen LogP contribution in [0.5, 0.6) is 0 Å². The molecule has 1 aromatic rings. The number of nitrogens with one attached hydrogen (secondary N) is 1. The van der Waals surface area contributed by atoms with Crippen molar-refractivity contribution in [2.75, 3.05) is 12.4 Å². The second-order valence-corrected chi connectivity index (χ2v) is 2.65. The summed E-state index contributed by atoms with van der Waals surface area (Å²) in [6, 6.07) is 5.50. The SMILES string of the molecule is [CH2]c1cccc(C(C)=O)c1NC. The third-order valence-corrected chi connectivity index (χ3v) is 1.78. The van der Waals surface area contributed by atoms with Gasteiger partial charge in [-0.15, -0.1) is 0 Å². The molecule has 1 rings (SSSR count). The van der Waals surface area contributed by atoms with E-state index in [2.05, 4.69) is 12.2 Å². The number of rotatable bonds is 2. The number of anilines is 1. The first-order chi connectivity index (χ1) is 5.66. The Morgan fingerprint density at radius 1 is 1.50 bits per heavy atom. The quantitative estimate of drug-likeness (QED) is 0.675. The minimum Gasteiger partial charge on any atom is -0.387 e. The molecule has 63 valence electrons. The lowest BCUT2D eigenvalue weighted by atomic mass is 10.1. The number of carbonyl (C=O) groups is 1. The molecule has 0 aliphatic rings. The van der Waals surface area contributed by atoms with E-state index in [-0.39, 0.29) is 5.78 Å². The predicted octanol–water partition coefficient (Wildman–Crippen LogP) is 2.11. The van der Waals surface area contributed by atoms with Crippen LogP contribution in [0, 0.1) is 6.92 Å². The van der Waals surface area contributed by atoms with Crippen LogP contribution in [0.4, 0.5) is 5.69 Å². The lowest BCUT2D eigenvalue weighted by Gasteiger charge is -2.08. The molecule has 2 nitrogen and oxygen atoms in total. The Balaban J connectivity index is 3.27. The average molecular weight is 162 g/mol. The van der Waals surface area contributed by atoms with Crippen molar-refractivity contribution in [3.8, 4) is 0 Å². The van der Waals surface area contributed by atoms with Gasteiger partial charge in [0.25, 0.3) is 0 Å². The topological polar surface area (TPSA) is 29.1 Å². The summed E-state index contributed by atoms with van der Waals surface area (Å²) in [4.78, 5) is 11.1. The Hall–Kier alpha value is -1.31. The van der Waals surface area contributed by atoms with E-state index in [1.54, 1.807) is 20.0 Å². The smallest absolute Gasteiger partial charge is 0.161 e. The molecule has 0 aliphatic carbocycles. The van der Waals surface area contributed by atoms with E-state index in [1.807, 2.05) is 12.1 Å². The summed E-state index contributed by atoms with van der Waals surface area (Å²) in [6.07, 6.45) is 0. The number of benzene rings is 1. The Labute approximate surface area is 72.6 Å². The van der Waals surface area contributed by atoms with Crippen molar-refractivity contribution < 1.29 is 4.79 Å². The summed E-state index contributed by atoms with van der Waals surface area (Å²) in [5.74, 6) is 0.0600. The van der Waals surface area contributed by atoms with Gasteiger partial charge in [-0.25, -0.2) is 0 Å². The molecule has 1 radical (unpaired) electrons. The zero-order valence-electron chi connectivity index (χ0n) is 7.35. The molecule has 1 aromatic carbocycles. The van der Waals surface area contributed by atoms with E-state index in [0.29, 0.717) is 5.56 Å². The van der Waals surface area contributed by atoms with Crippen molar-refractivity contribution >= 4 is 11.5 Å². The van der Waals surface area contributed by atoms with Crippen molar-refractivity contribution in [2.24, 2.45) is 0 Å². The maximum absolute atomic E-state index is 11.1. The highest BCUT2D eigenvalue weighted by Crippen LogP contribution is 2.19. The molecule has 0 atom stereocenters. The Bertz CT molecular complexity index is 305. The summed E-state index contributed by atoms with van der Waals surface area (Å²) in [5.41, 5.74) is 2.38. The predicted molar refractivity (Wildman–Crippen MR) is 50.5 cm³/mol. The fraction of sp³-hybridized carbons (Fsp3) is 0.200. The lowest BCUT2D eigenvalue weighted by molar-refractivity contribution is 0.101. The van der Waals surface area contributed by atoms with Crippen LogP contribution >= 0.6 is 0 Å². The van der Waals surface area contributed by atoms with Crippen LogP contribution in [0.1, 0.15) is 22.8 Å². The fourth-order valence-corrected chi connectivity index (χ4v) is 1.19. The van der Waals surface area contributed by atoms with E-state index >= 15 is 0 Å². The van der Waals surface area contributed by atoms with Crippen molar-refractivity contribution in [3.05, 3.63) is 36.2 Å². The minimum absolute atomic E-state index is 0.0600. The fourth-order valence-electron chi connectivity index (χ4n) is 1.19. The van der Waals surface area contributed by atoms with Crippen LogP contribution in [-0.2, 0) is 0 Å². The summed E-state index contributed by atoms with van der Waals surface area (Å²) >= 11 is 0. The number of hydrogen-bond acceptors (Lipinski definition) is 2. The second-order valence-electron chi connectivity index (χ2n) is 2.65. The van der Waals surface area contributed by atoms with Gasteiger partial charge in [0.2, 0.25) is 0 Å². The van der Waals surface area contributed by atoms with Gasteiger partial charge in [-0.05, 0) is 25.5 Å². The van der Waals surface area contributed by atoms with Crippen molar-refractivity contribution in [1.82, 2.24) is 0 Å². The van der Waals surface area contributed by atoms with E-state index in [4.69, 9.17) is 0 Å². The van der Waals surface area contributed by atoms with Crippen molar-refractivity contribution in [3.63, 3.8) is 0 Å². The molecule has 1 N–H and O–H groups in total. The third-order valence-electron chi connectivity index (χ3n) is 1.78. The maximum Gasteiger partial charge on any atom is 0.161 e. The normalized spacial score (nSPS) is 9.58. The van der Waals surface area contributed by atoms with E-state index < -0.39 is 0 Å². The van der Waals surface area contributed by atoms with Gasteiger partial charge >= 0.3 is 0 Å². The van der Waals surface area contributed by atoms with Crippen molar-refractivity contribution in [1.29, 1.82) is 0 Å². The van der Waals surface area contributed by atoms with Crippen LogP contribution in [0.15, 0.2) is 18.2 Å². The summed E-state index contributed by atoms with van der Waals surface area (Å²) in [5, 5.41) is 2.96. The molecule has 0 saturated carbocycles. The van der Waals surface area contributed by atoms with Crippen LogP contribution in [0.3, 0.4) is 0 Å². The minimum atomic E-state index is 0.0600. The van der Waals surface area contributed by atoms with E-state index in [1.165, 1.54) is 0 Å². The van der Waals surface area contributed by atoms with Gasteiger partial charge in [0, 0.05) is 18.3 Å². The van der Waals surface area contributed by atoms with Gasteiger partial charge in [0.05, 0.1) is 0 Å². The number of Topliss-reactive ketones (excluding diaryl/α,β-unsaturated/α-hetero) is 1. The van der Waals surface area contributed by atoms with Gasteiger partial charge in [0.15, 0.2) is 5.78 Å². The van der Waals surface area contributed by atoms with Gasteiger partial charge in [-0.2, -0.15) is 0 Å². The molecule has 0 heterocycles. The number of carbonyl (C=O) groups excluding carboxylic acids is 1. The lowest BCUT2D eigenvalue weighted by Crippen LogP contribution is -2.01. The second kappa shape index (κ2) is 3.39. The Morgan fingerprint density at radius 3 is 2.58 bits per heavy atom. The molecule has 0 saturated heterocycles. The monoisotopic (exact) mass is 162 g/mol. The molecule has 2 heteroatoms. The van der Waals surface area contributed by atoms with Gasteiger partial charge in [0.1, 0.15) is 0 Å². The standard InChI is InChI=1S/C10H12NO/c1-7-5-4-6-9(8(2)12)10(7)11-3/h4-6,11H,1H2,2-3H3. The van der Waals surface area contributed by atoms with E-state index in [9.17, 15) is 4.79 Å². The van der Waals surface area contributed by atoms with E-state index in [0.717, 1.165) is 11.3 Å². The molecule has 0 aliphatic heterocycles. The zero-order chi connectivity index (χ0) is 9.14. The highest BCUT2D eigenvalue weighted by molar-refractivity contribution is 6.00. The highest BCUT2D eigenvalue weighted by Gasteiger charge is 2.06. The Morgan fingerprint density at radius 2 is 2.17 bits per heavy atom. The molecular formula is C10H12NO. The Kier molecular flexibility index (Phi) is 2.48. The zero-order valence-corrected chi connectivity index (χ0v) is 7.35. The summed E-state index contributed by atoms with van der Waals surface area (Å²) in [7, 11) is 1.79. The largest absolute Gasteiger partial charge is 0.387 e. The maximum atomic E-state index is 11.1. The number of ketones is 1. The van der Waals surface area contributed by atoms with Gasteiger partial charge in [-0.3, -0.25) is 4.79 Å². The first kappa shape index (κ1) is 8.78. The molecule has 0 amide bonds.